The van der Waals surface area contributed by atoms with E-state index < -0.39 is 0 Å². The van der Waals surface area contributed by atoms with Crippen molar-refractivity contribution in [3.8, 4) is 0 Å². The monoisotopic (exact) mass is 372 g/mol. The number of nitrogens with zero attached hydrogens (tertiary/aromatic N) is 1. The van der Waals surface area contributed by atoms with Gasteiger partial charge in [-0.1, -0.05) is 27.5 Å². The predicted octanol–water partition coefficient (Wildman–Crippen LogP) is 3.47. The molecule has 0 bridgehead atoms. The van der Waals surface area contributed by atoms with E-state index in [1.165, 1.54) is 18.0 Å². The first kappa shape index (κ1) is 15.2. The summed E-state index contributed by atoms with van der Waals surface area (Å²) in [6.07, 6.45) is 1.39. The first-order valence-corrected chi connectivity index (χ1v) is 7.78. The average Bonchev–Trinajstić information content (AvgIpc) is 2.41. The number of thioether (sulfide) groups is 1. The van der Waals surface area contributed by atoms with Crippen LogP contribution in [0.1, 0.15) is 0 Å². The molecule has 1 amide bonds. The van der Waals surface area contributed by atoms with Crippen molar-refractivity contribution >= 4 is 50.9 Å². The molecular formula is C13H10BrClN2O2S. The Hall–Kier alpha value is -1.24. The molecule has 0 saturated heterocycles. The van der Waals surface area contributed by atoms with Crippen LogP contribution in [-0.4, -0.2) is 11.7 Å². The van der Waals surface area contributed by atoms with Crippen molar-refractivity contribution in [1.29, 1.82) is 0 Å². The summed E-state index contributed by atoms with van der Waals surface area (Å²) in [4.78, 5) is 11.8. The summed E-state index contributed by atoms with van der Waals surface area (Å²) in [5.74, 6) is -0.0818. The molecule has 0 spiro atoms. The highest BCUT2D eigenvalue weighted by Crippen LogP contribution is 2.26. The summed E-state index contributed by atoms with van der Waals surface area (Å²) < 4.78 is 1.57. The summed E-state index contributed by atoms with van der Waals surface area (Å²) in [6, 6.07) is 10.3. The van der Waals surface area contributed by atoms with Crippen LogP contribution >= 0.6 is 39.3 Å². The zero-order chi connectivity index (χ0) is 14.5. The van der Waals surface area contributed by atoms with Crippen molar-refractivity contribution < 1.29 is 9.52 Å². The highest BCUT2D eigenvalue weighted by atomic mass is 79.9. The average molecular weight is 374 g/mol. The molecule has 0 fully saturated rings. The fraction of sp³-hybridized carbons (Fsp3) is 0.0769. The van der Waals surface area contributed by atoms with Crippen molar-refractivity contribution in [2.24, 2.45) is 0 Å². The molecule has 1 N–H and O–H groups in total. The van der Waals surface area contributed by atoms with Gasteiger partial charge in [0.1, 0.15) is 0 Å². The van der Waals surface area contributed by atoms with Crippen LogP contribution in [-0.2, 0) is 4.79 Å². The van der Waals surface area contributed by atoms with Gasteiger partial charge in [-0.15, -0.1) is 0 Å². The smallest absolute Gasteiger partial charge is 0.251 e. The van der Waals surface area contributed by atoms with Crippen LogP contribution in [0.2, 0.25) is 5.02 Å². The molecular weight excluding hydrogens is 364 g/mol. The summed E-state index contributed by atoms with van der Waals surface area (Å²) in [6.45, 7) is 0. The van der Waals surface area contributed by atoms with Gasteiger partial charge in [0.05, 0.1) is 16.5 Å². The summed E-state index contributed by atoms with van der Waals surface area (Å²) >= 11 is 10.5. The summed E-state index contributed by atoms with van der Waals surface area (Å²) in [7, 11) is 0. The standard InChI is InChI=1S/C13H10BrClN2O2S/c14-9-4-5-11(10(15)7-9)16-12(18)8-20-13-3-1-2-6-17(13)19/h1-7H,8H2,(H,16,18). The van der Waals surface area contributed by atoms with E-state index in [0.717, 1.165) is 9.20 Å². The Morgan fingerprint density at radius 2 is 2.20 bits per heavy atom. The number of hydrogen-bond acceptors (Lipinski definition) is 3. The molecule has 20 heavy (non-hydrogen) atoms. The maximum absolute atomic E-state index is 11.8. The number of hydrogen-bond donors (Lipinski definition) is 1. The number of anilines is 1. The van der Waals surface area contributed by atoms with Gasteiger partial charge in [-0.2, -0.15) is 4.73 Å². The Morgan fingerprint density at radius 3 is 2.90 bits per heavy atom. The molecule has 1 heterocycles. The minimum atomic E-state index is -0.219. The van der Waals surface area contributed by atoms with E-state index in [1.54, 1.807) is 36.4 Å². The molecule has 0 unspecified atom stereocenters. The molecule has 0 radical (unpaired) electrons. The Bertz CT molecular complexity index is 640. The van der Waals surface area contributed by atoms with Gasteiger partial charge in [0.15, 0.2) is 6.20 Å². The van der Waals surface area contributed by atoms with E-state index in [0.29, 0.717) is 15.7 Å². The minimum absolute atomic E-state index is 0.138. The van der Waals surface area contributed by atoms with Crippen LogP contribution in [0, 0.1) is 5.21 Å². The lowest BCUT2D eigenvalue weighted by atomic mass is 10.3. The third kappa shape index (κ3) is 4.13. The third-order valence-corrected chi connectivity index (χ3v) is 4.17. The molecule has 1 aromatic carbocycles. The van der Waals surface area contributed by atoms with Gasteiger partial charge < -0.3 is 10.5 Å². The lowest BCUT2D eigenvalue weighted by molar-refractivity contribution is -0.645. The maximum Gasteiger partial charge on any atom is 0.251 e. The van der Waals surface area contributed by atoms with Gasteiger partial charge in [0, 0.05) is 16.6 Å². The van der Waals surface area contributed by atoms with Gasteiger partial charge in [0.25, 0.3) is 5.03 Å². The van der Waals surface area contributed by atoms with E-state index in [9.17, 15) is 10.0 Å². The second-order valence-electron chi connectivity index (χ2n) is 3.83. The van der Waals surface area contributed by atoms with Gasteiger partial charge in [-0.05, 0) is 36.0 Å². The summed E-state index contributed by atoms with van der Waals surface area (Å²) in [5, 5.41) is 15.1. The fourth-order valence-corrected chi connectivity index (χ4v) is 2.88. The normalized spacial score (nSPS) is 10.3. The molecule has 2 aromatic rings. The first-order valence-electron chi connectivity index (χ1n) is 5.62. The van der Waals surface area contributed by atoms with Crippen LogP contribution < -0.4 is 10.0 Å². The first-order chi connectivity index (χ1) is 9.56. The third-order valence-electron chi connectivity index (χ3n) is 2.34. The zero-order valence-electron chi connectivity index (χ0n) is 10.2. The van der Waals surface area contributed by atoms with E-state index in [4.69, 9.17) is 11.6 Å². The van der Waals surface area contributed by atoms with Crippen molar-refractivity contribution in [3.05, 3.63) is 57.3 Å². The second-order valence-corrected chi connectivity index (χ2v) is 6.14. The van der Waals surface area contributed by atoms with Crippen molar-refractivity contribution in [3.63, 3.8) is 0 Å². The number of amides is 1. The van der Waals surface area contributed by atoms with Crippen molar-refractivity contribution in [2.45, 2.75) is 5.03 Å². The van der Waals surface area contributed by atoms with Crippen LogP contribution in [0.5, 0.6) is 0 Å². The highest BCUT2D eigenvalue weighted by Gasteiger charge is 2.10. The van der Waals surface area contributed by atoms with Crippen LogP contribution in [0.3, 0.4) is 0 Å². The second kappa shape index (κ2) is 6.97. The number of nitrogens with one attached hydrogen (secondary N) is 1. The molecule has 0 saturated carbocycles. The number of pyridine rings is 1. The molecule has 0 aliphatic heterocycles. The van der Waals surface area contributed by atoms with Crippen LogP contribution in [0.4, 0.5) is 5.69 Å². The number of carbonyl (C=O) groups excluding carboxylic acids is 1. The number of benzene rings is 1. The molecule has 0 aliphatic rings. The van der Waals surface area contributed by atoms with Gasteiger partial charge in [0.2, 0.25) is 5.91 Å². The Kier molecular flexibility index (Phi) is 5.28. The Morgan fingerprint density at radius 1 is 1.40 bits per heavy atom. The molecule has 7 heteroatoms. The lowest BCUT2D eigenvalue weighted by Crippen LogP contribution is -2.28. The van der Waals surface area contributed by atoms with E-state index >= 15 is 0 Å². The number of rotatable bonds is 4. The van der Waals surface area contributed by atoms with E-state index in [1.807, 2.05) is 0 Å². The van der Waals surface area contributed by atoms with Gasteiger partial charge >= 0.3 is 0 Å². The molecule has 4 nitrogen and oxygen atoms in total. The largest absolute Gasteiger partial charge is 0.618 e. The number of aromatic nitrogens is 1. The molecule has 104 valence electrons. The molecule has 2 rings (SSSR count). The molecule has 0 atom stereocenters. The number of halogens is 2. The van der Waals surface area contributed by atoms with Gasteiger partial charge in [-0.3, -0.25) is 4.79 Å². The van der Waals surface area contributed by atoms with E-state index in [-0.39, 0.29) is 11.7 Å². The predicted molar refractivity (Wildman–Crippen MR) is 83.9 cm³/mol. The minimum Gasteiger partial charge on any atom is -0.618 e. The van der Waals surface area contributed by atoms with Crippen LogP contribution in [0.25, 0.3) is 0 Å². The Labute approximate surface area is 133 Å². The SMILES string of the molecule is O=C(CSc1cccc[n+]1[O-])Nc1ccc(Br)cc1Cl. The van der Waals surface area contributed by atoms with Crippen LogP contribution in [0.15, 0.2) is 52.1 Å². The lowest BCUT2D eigenvalue weighted by Gasteiger charge is -2.07. The van der Waals surface area contributed by atoms with Crippen molar-refractivity contribution in [2.75, 3.05) is 11.1 Å². The zero-order valence-corrected chi connectivity index (χ0v) is 13.3. The van der Waals surface area contributed by atoms with E-state index in [2.05, 4.69) is 21.2 Å². The quantitative estimate of drug-likeness (QED) is 0.507. The topological polar surface area (TPSA) is 56.0 Å². The summed E-state index contributed by atoms with van der Waals surface area (Å²) in [5.41, 5.74) is 0.545. The Balaban J connectivity index is 1.94. The van der Waals surface area contributed by atoms with Crippen molar-refractivity contribution in [1.82, 2.24) is 0 Å². The van der Waals surface area contributed by atoms with Gasteiger partial charge in [-0.25, -0.2) is 0 Å². The number of carbonyl (C=O) groups is 1. The molecule has 1 aromatic heterocycles. The highest BCUT2D eigenvalue weighted by molar-refractivity contribution is 9.10. The fourth-order valence-electron chi connectivity index (χ4n) is 1.44. The molecule has 0 aliphatic carbocycles. The maximum atomic E-state index is 11.8.